The number of carbonyl (C=O) groups excluding carboxylic acids is 1. The maximum Gasteiger partial charge on any atom is 0.409 e. The van der Waals surface area contributed by atoms with Crippen molar-refractivity contribution < 1.29 is 9.53 Å². The highest BCUT2D eigenvalue weighted by atomic mass is 35.5. The first-order valence-corrected chi connectivity index (χ1v) is 5.51. The van der Waals surface area contributed by atoms with Gasteiger partial charge in [-0.2, -0.15) is 0 Å². The molecule has 1 saturated heterocycles. The quantitative estimate of drug-likeness (QED) is 0.666. The van der Waals surface area contributed by atoms with Gasteiger partial charge in [0.1, 0.15) is 0 Å². The fraction of sp³-hybridized carbons (Fsp3) is 0.889. The first-order valence-electron chi connectivity index (χ1n) is 4.98. The molecule has 0 saturated carbocycles. The van der Waals surface area contributed by atoms with Crippen LogP contribution in [0.3, 0.4) is 0 Å². The number of piperazine rings is 1. The van der Waals surface area contributed by atoms with Crippen LogP contribution < -0.4 is 0 Å². The van der Waals surface area contributed by atoms with Gasteiger partial charge in [0.25, 0.3) is 0 Å². The van der Waals surface area contributed by atoms with Crippen LogP contribution in [0.5, 0.6) is 0 Å². The van der Waals surface area contributed by atoms with Crippen molar-refractivity contribution in [2.45, 2.75) is 6.92 Å². The minimum atomic E-state index is -0.196. The highest BCUT2D eigenvalue weighted by Crippen LogP contribution is 2.03. The maximum atomic E-state index is 11.3. The van der Waals surface area contributed by atoms with E-state index in [0.29, 0.717) is 12.5 Å². The predicted molar refractivity (Wildman–Crippen MR) is 55.8 cm³/mol. The van der Waals surface area contributed by atoms with E-state index in [4.69, 9.17) is 16.3 Å². The van der Waals surface area contributed by atoms with Crippen molar-refractivity contribution in [3.63, 3.8) is 0 Å². The van der Waals surface area contributed by atoms with E-state index in [1.165, 1.54) is 0 Å². The van der Waals surface area contributed by atoms with E-state index in [1.54, 1.807) is 4.90 Å². The summed E-state index contributed by atoms with van der Waals surface area (Å²) in [5.74, 6) is 0.652. The highest BCUT2D eigenvalue weighted by molar-refractivity contribution is 6.18. The lowest BCUT2D eigenvalue weighted by Gasteiger charge is -2.33. The van der Waals surface area contributed by atoms with Crippen LogP contribution >= 0.6 is 11.6 Å². The maximum absolute atomic E-state index is 11.3. The van der Waals surface area contributed by atoms with Crippen molar-refractivity contribution >= 4 is 17.7 Å². The van der Waals surface area contributed by atoms with Crippen molar-refractivity contribution in [3.8, 4) is 0 Å². The summed E-state index contributed by atoms with van der Waals surface area (Å²) in [4.78, 5) is 15.3. The van der Waals surface area contributed by atoms with E-state index in [2.05, 4.69) is 4.90 Å². The molecule has 0 spiro atoms. The van der Waals surface area contributed by atoms with E-state index in [1.807, 2.05) is 6.92 Å². The Kier molecular flexibility index (Phi) is 5.04. The Hall–Kier alpha value is -0.480. The Morgan fingerprint density at radius 1 is 1.36 bits per heavy atom. The summed E-state index contributed by atoms with van der Waals surface area (Å²) in [6.45, 7) is 6.45. The number of alkyl halides is 1. The van der Waals surface area contributed by atoms with Crippen LogP contribution in [0.15, 0.2) is 0 Å². The van der Waals surface area contributed by atoms with Crippen LogP contribution in [-0.4, -0.2) is 61.1 Å². The fourth-order valence-electron chi connectivity index (χ4n) is 1.49. The lowest BCUT2D eigenvalue weighted by Crippen LogP contribution is -2.49. The third kappa shape index (κ3) is 3.35. The summed E-state index contributed by atoms with van der Waals surface area (Å²) < 4.78 is 4.92. The van der Waals surface area contributed by atoms with Gasteiger partial charge in [-0.1, -0.05) is 0 Å². The second-order valence-electron chi connectivity index (χ2n) is 3.22. The third-order valence-corrected chi connectivity index (χ3v) is 2.47. The molecule has 0 aromatic rings. The highest BCUT2D eigenvalue weighted by Gasteiger charge is 2.20. The van der Waals surface area contributed by atoms with Gasteiger partial charge in [-0.3, -0.25) is 4.90 Å². The molecule has 0 radical (unpaired) electrons. The van der Waals surface area contributed by atoms with Crippen LogP contribution in [0.25, 0.3) is 0 Å². The summed E-state index contributed by atoms with van der Waals surface area (Å²) >= 11 is 5.64. The molecule has 0 unspecified atom stereocenters. The minimum Gasteiger partial charge on any atom is -0.450 e. The summed E-state index contributed by atoms with van der Waals surface area (Å²) in [5.41, 5.74) is 0. The molecule has 1 aliphatic rings. The van der Waals surface area contributed by atoms with Gasteiger partial charge in [-0.15, -0.1) is 11.6 Å². The Balaban J connectivity index is 2.24. The lowest BCUT2D eigenvalue weighted by atomic mass is 10.3. The van der Waals surface area contributed by atoms with Crippen LogP contribution in [0.4, 0.5) is 4.79 Å². The van der Waals surface area contributed by atoms with Gasteiger partial charge in [0, 0.05) is 38.6 Å². The first-order chi connectivity index (χ1) is 6.77. The Labute approximate surface area is 89.8 Å². The van der Waals surface area contributed by atoms with Gasteiger partial charge in [-0.25, -0.2) is 4.79 Å². The monoisotopic (exact) mass is 220 g/mol. The minimum absolute atomic E-state index is 0.196. The Morgan fingerprint density at radius 3 is 2.50 bits per heavy atom. The van der Waals surface area contributed by atoms with Crippen molar-refractivity contribution in [1.82, 2.24) is 9.80 Å². The second-order valence-corrected chi connectivity index (χ2v) is 3.59. The van der Waals surface area contributed by atoms with Crippen molar-refractivity contribution in [2.24, 2.45) is 0 Å². The van der Waals surface area contributed by atoms with Crippen LogP contribution in [0.2, 0.25) is 0 Å². The van der Waals surface area contributed by atoms with Crippen molar-refractivity contribution in [2.75, 3.05) is 45.2 Å². The molecule has 14 heavy (non-hydrogen) atoms. The van der Waals surface area contributed by atoms with E-state index < -0.39 is 0 Å². The number of rotatable bonds is 3. The molecule has 1 amide bonds. The molecule has 0 N–H and O–H groups in total. The van der Waals surface area contributed by atoms with Gasteiger partial charge in [0.15, 0.2) is 0 Å². The fourth-order valence-corrected chi connectivity index (χ4v) is 1.73. The zero-order valence-electron chi connectivity index (χ0n) is 8.54. The summed E-state index contributed by atoms with van der Waals surface area (Å²) in [7, 11) is 0. The van der Waals surface area contributed by atoms with Gasteiger partial charge < -0.3 is 9.64 Å². The molecule has 1 rings (SSSR count). The van der Waals surface area contributed by atoms with Crippen molar-refractivity contribution in [3.05, 3.63) is 0 Å². The van der Waals surface area contributed by atoms with E-state index in [-0.39, 0.29) is 6.09 Å². The normalized spacial score (nSPS) is 18.3. The average Bonchev–Trinajstić information content (AvgIpc) is 2.20. The molecule has 0 bridgehead atoms. The lowest BCUT2D eigenvalue weighted by molar-refractivity contribution is 0.0812. The van der Waals surface area contributed by atoms with Gasteiger partial charge >= 0.3 is 6.09 Å². The van der Waals surface area contributed by atoms with E-state index in [0.717, 1.165) is 32.7 Å². The summed E-state index contributed by atoms with van der Waals surface area (Å²) in [6.07, 6.45) is -0.196. The summed E-state index contributed by atoms with van der Waals surface area (Å²) in [5, 5.41) is 0. The topological polar surface area (TPSA) is 32.8 Å². The Morgan fingerprint density at radius 2 is 2.00 bits per heavy atom. The predicted octanol–water partition coefficient (Wildman–Crippen LogP) is 0.999. The SMILES string of the molecule is CCOC(=O)N1CCN(CCCl)CC1. The Bertz CT molecular complexity index is 182. The standard InChI is InChI=1S/C9H17ClN2O2/c1-2-14-9(13)12-7-5-11(4-3-10)6-8-12/h2-8H2,1H3. The molecule has 5 heteroatoms. The molecule has 1 heterocycles. The van der Waals surface area contributed by atoms with Crippen LogP contribution in [0, 0.1) is 0 Å². The molecule has 0 aromatic carbocycles. The van der Waals surface area contributed by atoms with Crippen molar-refractivity contribution in [1.29, 1.82) is 0 Å². The van der Waals surface area contributed by atoms with Gasteiger partial charge in [-0.05, 0) is 6.92 Å². The van der Waals surface area contributed by atoms with E-state index >= 15 is 0 Å². The summed E-state index contributed by atoms with van der Waals surface area (Å²) in [6, 6.07) is 0. The molecule has 0 aliphatic carbocycles. The molecule has 0 aromatic heterocycles. The van der Waals surface area contributed by atoms with Gasteiger partial charge in [0.2, 0.25) is 0 Å². The molecule has 82 valence electrons. The average molecular weight is 221 g/mol. The third-order valence-electron chi connectivity index (χ3n) is 2.30. The number of hydrogen-bond acceptors (Lipinski definition) is 3. The number of ether oxygens (including phenoxy) is 1. The van der Waals surface area contributed by atoms with Gasteiger partial charge in [0.05, 0.1) is 6.61 Å². The molecule has 1 fully saturated rings. The number of hydrogen-bond donors (Lipinski definition) is 0. The first kappa shape index (κ1) is 11.6. The molecule has 0 atom stereocenters. The van der Waals surface area contributed by atoms with Crippen LogP contribution in [0.1, 0.15) is 6.92 Å². The zero-order valence-corrected chi connectivity index (χ0v) is 9.29. The zero-order chi connectivity index (χ0) is 10.4. The molecule has 1 aliphatic heterocycles. The smallest absolute Gasteiger partial charge is 0.409 e. The van der Waals surface area contributed by atoms with E-state index in [9.17, 15) is 4.79 Å². The molecule has 4 nitrogen and oxygen atoms in total. The number of amides is 1. The second kappa shape index (κ2) is 6.09. The number of nitrogens with zero attached hydrogens (tertiary/aromatic N) is 2. The van der Waals surface area contributed by atoms with Crippen LogP contribution in [-0.2, 0) is 4.74 Å². The number of halogens is 1. The number of carbonyl (C=O) groups is 1. The molecular formula is C9H17ClN2O2. The largest absolute Gasteiger partial charge is 0.450 e. The molecular weight excluding hydrogens is 204 g/mol.